The van der Waals surface area contributed by atoms with Crippen molar-refractivity contribution in [2.24, 2.45) is 0 Å². The summed E-state index contributed by atoms with van der Waals surface area (Å²) in [5.74, 6) is 0.315. The van der Waals surface area contributed by atoms with E-state index >= 15 is 0 Å². The second-order valence-corrected chi connectivity index (χ2v) is 5.21. The zero-order valence-electron chi connectivity index (χ0n) is 11.9. The van der Waals surface area contributed by atoms with Crippen LogP contribution in [0.4, 0.5) is 0 Å². The van der Waals surface area contributed by atoms with Gasteiger partial charge in [-0.2, -0.15) is 0 Å². The van der Waals surface area contributed by atoms with Gasteiger partial charge in [0.15, 0.2) is 0 Å². The number of ether oxygens (including phenoxy) is 2. The maximum atomic E-state index is 12.5. The highest BCUT2D eigenvalue weighted by Crippen LogP contribution is 2.24. The molecule has 1 amide bonds. The number of benzene rings is 1. The summed E-state index contributed by atoms with van der Waals surface area (Å²) in [5, 5.41) is 12.6. The fourth-order valence-corrected chi connectivity index (χ4v) is 2.39. The van der Waals surface area contributed by atoms with E-state index in [1.807, 2.05) is 13.0 Å². The molecule has 1 heterocycles. The molecule has 1 aromatic carbocycles. The van der Waals surface area contributed by atoms with Gasteiger partial charge in [-0.1, -0.05) is 11.6 Å². The topological polar surface area (TPSA) is 67.8 Å². The number of amides is 1. The van der Waals surface area contributed by atoms with E-state index in [-0.39, 0.29) is 12.5 Å². The molecule has 1 saturated heterocycles. The number of aryl methyl sites for hydroxylation is 1. The summed E-state index contributed by atoms with van der Waals surface area (Å²) in [7, 11) is 1.54. The number of nitrogens with one attached hydrogen (secondary N) is 1. The number of hydrogen-bond donors (Lipinski definition) is 2. The van der Waals surface area contributed by atoms with E-state index in [0.29, 0.717) is 37.4 Å². The summed E-state index contributed by atoms with van der Waals surface area (Å²) in [6, 6.07) is 5.46. The zero-order chi connectivity index (χ0) is 14.6. The van der Waals surface area contributed by atoms with Gasteiger partial charge in [0.2, 0.25) is 0 Å². The maximum absolute atomic E-state index is 12.5. The lowest BCUT2D eigenvalue weighted by Crippen LogP contribution is -2.54. The Bertz CT molecular complexity index is 481. The molecule has 0 atom stereocenters. The molecule has 110 valence electrons. The lowest BCUT2D eigenvalue weighted by Gasteiger charge is -2.36. The molecule has 1 aliphatic rings. The van der Waals surface area contributed by atoms with Crippen molar-refractivity contribution in [1.29, 1.82) is 0 Å². The molecular formula is C15H21NO4. The van der Waals surface area contributed by atoms with Crippen molar-refractivity contribution in [3.05, 3.63) is 29.3 Å². The summed E-state index contributed by atoms with van der Waals surface area (Å²) >= 11 is 0. The average molecular weight is 279 g/mol. The molecule has 5 nitrogen and oxygen atoms in total. The van der Waals surface area contributed by atoms with Gasteiger partial charge in [-0.25, -0.2) is 0 Å². The predicted octanol–water partition coefficient (Wildman–Crippen LogP) is 1.27. The maximum Gasteiger partial charge on any atom is 0.255 e. The van der Waals surface area contributed by atoms with Crippen LogP contribution < -0.4 is 10.1 Å². The van der Waals surface area contributed by atoms with Gasteiger partial charge in [-0.3, -0.25) is 4.79 Å². The molecule has 2 rings (SSSR count). The number of carbonyl (C=O) groups excluding carboxylic acids is 1. The summed E-state index contributed by atoms with van der Waals surface area (Å²) < 4.78 is 10.5. The van der Waals surface area contributed by atoms with Gasteiger partial charge in [-0.05, 0) is 31.9 Å². The van der Waals surface area contributed by atoms with Crippen LogP contribution >= 0.6 is 0 Å². The van der Waals surface area contributed by atoms with Gasteiger partial charge < -0.3 is 19.9 Å². The first kappa shape index (κ1) is 14.8. The third-order valence-electron chi connectivity index (χ3n) is 3.73. The quantitative estimate of drug-likeness (QED) is 0.871. The number of hydrogen-bond acceptors (Lipinski definition) is 4. The molecule has 0 saturated carbocycles. The normalized spacial score (nSPS) is 17.6. The van der Waals surface area contributed by atoms with Gasteiger partial charge in [0, 0.05) is 13.2 Å². The van der Waals surface area contributed by atoms with Gasteiger partial charge in [0.1, 0.15) is 5.75 Å². The Hall–Kier alpha value is -1.59. The largest absolute Gasteiger partial charge is 0.496 e. The Kier molecular flexibility index (Phi) is 4.62. The molecule has 1 fully saturated rings. The number of aliphatic hydroxyl groups excluding tert-OH is 1. The third-order valence-corrected chi connectivity index (χ3v) is 3.73. The van der Waals surface area contributed by atoms with Crippen molar-refractivity contribution in [2.75, 3.05) is 26.9 Å². The van der Waals surface area contributed by atoms with Gasteiger partial charge in [0.05, 0.1) is 24.8 Å². The van der Waals surface area contributed by atoms with Crippen LogP contribution in [0, 0.1) is 6.92 Å². The summed E-state index contributed by atoms with van der Waals surface area (Å²) in [5.41, 5.74) is 0.886. The monoisotopic (exact) mass is 279 g/mol. The Morgan fingerprint density at radius 2 is 2.15 bits per heavy atom. The highest BCUT2D eigenvalue weighted by molar-refractivity contribution is 5.97. The SMILES string of the molecule is COc1ccc(C)cc1C(=O)NC1(CO)CCOCC1. The number of carbonyl (C=O) groups is 1. The Balaban J connectivity index is 2.20. The van der Waals surface area contributed by atoms with Crippen LogP contribution in [0.5, 0.6) is 5.75 Å². The van der Waals surface area contributed by atoms with E-state index in [1.54, 1.807) is 12.1 Å². The van der Waals surface area contributed by atoms with Crippen LogP contribution in [0.25, 0.3) is 0 Å². The summed E-state index contributed by atoms with van der Waals surface area (Å²) in [4.78, 5) is 12.5. The fraction of sp³-hybridized carbons (Fsp3) is 0.533. The molecule has 2 N–H and O–H groups in total. The minimum atomic E-state index is -0.593. The van der Waals surface area contributed by atoms with Crippen LogP contribution in [0.15, 0.2) is 18.2 Å². The van der Waals surface area contributed by atoms with E-state index in [1.165, 1.54) is 7.11 Å². The molecule has 0 unspecified atom stereocenters. The smallest absolute Gasteiger partial charge is 0.255 e. The first-order valence-electron chi connectivity index (χ1n) is 6.76. The standard InChI is InChI=1S/C15H21NO4/c1-11-3-4-13(19-2)12(9-11)14(18)16-15(10-17)5-7-20-8-6-15/h3-4,9,17H,5-8,10H2,1-2H3,(H,16,18). The number of rotatable bonds is 4. The van der Waals surface area contributed by atoms with Gasteiger partial charge in [0.25, 0.3) is 5.91 Å². The molecule has 1 aromatic rings. The minimum Gasteiger partial charge on any atom is -0.496 e. The van der Waals surface area contributed by atoms with Crippen molar-refractivity contribution in [1.82, 2.24) is 5.32 Å². The molecule has 1 aliphatic heterocycles. The second kappa shape index (κ2) is 6.24. The van der Waals surface area contributed by atoms with Crippen LogP contribution in [-0.2, 0) is 4.74 Å². The van der Waals surface area contributed by atoms with E-state index in [4.69, 9.17) is 9.47 Å². The van der Waals surface area contributed by atoms with Crippen LogP contribution in [0.2, 0.25) is 0 Å². The molecule has 0 spiro atoms. The highest BCUT2D eigenvalue weighted by atomic mass is 16.5. The highest BCUT2D eigenvalue weighted by Gasteiger charge is 2.34. The Labute approximate surface area is 118 Å². The van der Waals surface area contributed by atoms with E-state index in [9.17, 15) is 9.90 Å². The molecule has 5 heteroatoms. The summed E-state index contributed by atoms with van der Waals surface area (Å²) in [6.07, 6.45) is 1.23. The summed E-state index contributed by atoms with van der Waals surface area (Å²) in [6.45, 7) is 2.93. The van der Waals surface area contributed by atoms with Crippen LogP contribution in [0.3, 0.4) is 0 Å². The predicted molar refractivity (Wildman–Crippen MR) is 75.1 cm³/mol. The van der Waals surface area contributed by atoms with E-state index in [2.05, 4.69) is 5.32 Å². The molecular weight excluding hydrogens is 258 g/mol. The van der Waals surface area contributed by atoms with Crippen molar-refractivity contribution in [2.45, 2.75) is 25.3 Å². The van der Waals surface area contributed by atoms with Gasteiger partial charge >= 0.3 is 0 Å². The van der Waals surface area contributed by atoms with Crippen LogP contribution in [-0.4, -0.2) is 43.5 Å². The lowest BCUT2D eigenvalue weighted by molar-refractivity contribution is 0.0125. The molecule has 20 heavy (non-hydrogen) atoms. The van der Waals surface area contributed by atoms with Crippen molar-refractivity contribution >= 4 is 5.91 Å². The molecule has 0 radical (unpaired) electrons. The third kappa shape index (κ3) is 3.11. The Morgan fingerprint density at radius 1 is 1.45 bits per heavy atom. The molecule has 0 bridgehead atoms. The van der Waals surface area contributed by atoms with Crippen molar-refractivity contribution < 1.29 is 19.4 Å². The van der Waals surface area contributed by atoms with Crippen molar-refractivity contribution in [3.63, 3.8) is 0 Å². The van der Waals surface area contributed by atoms with Crippen LogP contribution in [0.1, 0.15) is 28.8 Å². The van der Waals surface area contributed by atoms with Crippen molar-refractivity contribution in [3.8, 4) is 5.75 Å². The number of aliphatic hydroxyl groups is 1. The van der Waals surface area contributed by atoms with E-state index in [0.717, 1.165) is 5.56 Å². The van der Waals surface area contributed by atoms with E-state index < -0.39 is 5.54 Å². The molecule has 0 aromatic heterocycles. The lowest BCUT2D eigenvalue weighted by atomic mass is 9.90. The second-order valence-electron chi connectivity index (χ2n) is 5.21. The fourth-order valence-electron chi connectivity index (χ4n) is 2.39. The first-order valence-corrected chi connectivity index (χ1v) is 6.76. The molecule has 0 aliphatic carbocycles. The number of methoxy groups -OCH3 is 1. The zero-order valence-corrected chi connectivity index (χ0v) is 11.9. The minimum absolute atomic E-state index is 0.0871. The first-order chi connectivity index (χ1) is 9.60. The Morgan fingerprint density at radius 3 is 2.75 bits per heavy atom. The average Bonchev–Trinajstić information content (AvgIpc) is 2.48. The van der Waals surface area contributed by atoms with Gasteiger partial charge in [-0.15, -0.1) is 0 Å².